The number of nitrogens with two attached hydrogens (primary N) is 1. The lowest BCUT2D eigenvalue weighted by Gasteiger charge is -2.45. The van der Waals surface area contributed by atoms with Crippen molar-refractivity contribution in [3.8, 4) is 0 Å². The van der Waals surface area contributed by atoms with Gasteiger partial charge in [-0.05, 0) is 50.0 Å². The third kappa shape index (κ3) is 1.80. The monoisotopic (exact) mass is 284 g/mol. The Bertz CT molecular complexity index is 598. The third-order valence-corrected chi connectivity index (χ3v) is 6.33. The van der Waals surface area contributed by atoms with Crippen LogP contribution in [0.2, 0.25) is 0 Å². The van der Waals surface area contributed by atoms with Gasteiger partial charge in [0, 0.05) is 17.0 Å². The van der Waals surface area contributed by atoms with Crippen molar-refractivity contribution in [1.29, 1.82) is 0 Å². The first-order valence-corrected chi connectivity index (χ1v) is 8.19. The Kier molecular flexibility index (Phi) is 2.90. The standard InChI is InChI=1S/C18H24N2O/c1-18-9-8-14-13-5-3-12(21)10-11(13)2-4-15(14)16(18)6-7-17(18)20-19/h3-5,12,14,16,21H,2,6-10,19H2,1H3/b20-17-. The van der Waals surface area contributed by atoms with Crippen LogP contribution in [-0.4, -0.2) is 16.9 Å². The highest BCUT2D eigenvalue weighted by atomic mass is 16.3. The predicted molar refractivity (Wildman–Crippen MR) is 84.7 cm³/mol. The molecule has 0 saturated heterocycles. The zero-order valence-corrected chi connectivity index (χ0v) is 12.7. The van der Waals surface area contributed by atoms with E-state index in [1.165, 1.54) is 36.1 Å². The second-order valence-electron chi connectivity index (χ2n) is 7.27. The molecule has 4 unspecified atom stereocenters. The summed E-state index contributed by atoms with van der Waals surface area (Å²) in [5, 5.41) is 13.9. The molecule has 0 amide bonds. The van der Waals surface area contributed by atoms with Crippen molar-refractivity contribution in [1.82, 2.24) is 0 Å². The highest BCUT2D eigenvalue weighted by Crippen LogP contribution is 2.57. The summed E-state index contributed by atoms with van der Waals surface area (Å²) < 4.78 is 0. The van der Waals surface area contributed by atoms with Crippen molar-refractivity contribution in [3.05, 3.63) is 34.9 Å². The first-order valence-electron chi connectivity index (χ1n) is 8.19. The van der Waals surface area contributed by atoms with E-state index in [0.29, 0.717) is 11.8 Å². The second kappa shape index (κ2) is 4.57. The molecule has 0 aliphatic heterocycles. The van der Waals surface area contributed by atoms with Gasteiger partial charge in [0.2, 0.25) is 0 Å². The Labute approximate surface area is 126 Å². The van der Waals surface area contributed by atoms with E-state index in [-0.39, 0.29) is 11.5 Å². The zero-order chi connectivity index (χ0) is 14.6. The fourth-order valence-electron chi connectivity index (χ4n) is 5.20. The van der Waals surface area contributed by atoms with Crippen LogP contribution in [0.1, 0.15) is 45.4 Å². The van der Waals surface area contributed by atoms with Crippen LogP contribution in [-0.2, 0) is 0 Å². The largest absolute Gasteiger partial charge is 0.389 e. The van der Waals surface area contributed by atoms with Crippen LogP contribution >= 0.6 is 0 Å². The minimum absolute atomic E-state index is 0.188. The number of fused-ring (bicyclic) bond motifs is 4. The van der Waals surface area contributed by atoms with Gasteiger partial charge in [-0.3, -0.25) is 0 Å². The highest BCUT2D eigenvalue weighted by Gasteiger charge is 2.51. The number of allylic oxidation sites excluding steroid dienone is 4. The maximum atomic E-state index is 9.83. The molecular weight excluding hydrogens is 260 g/mol. The van der Waals surface area contributed by atoms with Gasteiger partial charge in [0.25, 0.3) is 0 Å². The Balaban J connectivity index is 1.69. The molecular formula is C18H24N2O. The molecule has 2 saturated carbocycles. The number of aliphatic hydroxyl groups excluding tert-OH is 1. The Morgan fingerprint density at radius 1 is 1.38 bits per heavy atom. The van der Waals surface area contributed by atoms with Crippen molar-refractivity contribution in [2.75, 3.05) is 0 Å². The number of nitrogens with zero attached hydrogens (tertiary/aromatic N) is 1. The fourth-order valence-corrected chi connectivity index (χ4v) is 5.20. The number of hydrazone groups is 1. The summed E-state index contributed by atoms with van der Waals surface area (Å²) in [6.07, 6.45) is 12.8. The summed E-state index contributed by atoms with van der Waals surface area (Å²) in [4.78, 5) is 0. The van der Waals surface area contributed by atoms with Gasteiger partial charge in [-0.25, -0.2) is 0 Å². The molecule has 21 heavy (non-hydrogen) atoms. The van der Waals surface area contributed by atoms with E-state index >= 15 is 0 Å². The molecule has 4 aliphatic rings. The van der Waals surface area contributed by atoms with Gasteiger partial charge in [-0.1, -0.05) is 36.3 Å². The molecule has 3 N–H and O–H groups in total. The molecule has 0 radical (unpaired) electrons. The number of aliphatic hydroxyl groups is 1. The molecule has 4 rings (SSSR count). The van der Waals surface area contributed by atoms with Crippen LogP contribution in [0, 0.1) is 17.3 Å². The van der Waals surface area contributed by atoms with Gasteiger partial charge in [0.05, 0.1) is 6.10 Å². The smallest absolute Gasteiger partial charge is 0.0761 e. The summed E-state index contributed by atoms with van der Waals surface area (Å²) >= 11 is 0. The van der Waals surface area contributed by atoms with Gasteiger partial charge in [0.15, 0.2) is 0 Å². The maximum Gasteiger partial charge on any atom is 0.0761 e. The van der Waals surface area contributed by atoms with Crippen molar-refractivity contribution in [3.63, 3.8) is 0 Å². The maximum absolute atomic E-state index is 9.83. The summed E-state index contributed by atoms with van der Waals surface area (Å²) in [6.45, 7) is 2.36. The van der Waals surface area contributed by atoms with Crippen LogP contribution < -0.4 is 5.84 Å². The topological polar surface area (TPSA) is 58.6 Å². The van der Waals surface area contributed by atoms with E-state index in [4.69, 9.17) is 5.84 Å². The lowest BCUT2D eigenvalue weighted by molar-refractivity contribution is 0.214. The highest BCUT2D eigenvalue weighted by molar-refractivity contribution is 5.92. The molecule has 4 atom stereocenters. The minimum Gasteiger partial charge on any atom is -0.389 e. The van der Waals surface area contributed by atoms with E-state index in [9.17, 15) is 5.11 Å². The normalized spacial score (nSPS) is 43.4. The van der Waals surface area contributed by atoms with Crippen molar-refractivity contribution < 1.29 is 5.11 Å². The average molecular weight is 284 g/mol. The van der Waals surface area contributed by atoms with E-state index in [1.54, 1.807) is 5.57 Å². The Morgan fingerprint density at radius 2 is 2.24 bits per heavy atom. The van der Waals surface area contributed by atoms with E-state index < -0.39 is 0 Å². The first kappa shape index (κ1) is 13.3. The molecule has 112 valence electrons. The number of hydrogen-bond donors (Lipinski definition) is 2. The third-order valence-electron chi connectivity index (χ3n) is 6.33. The summed E-state index contributed by atoms with van der Waals surface area (Å²) in [5.41, 5.74) is 5.99. The Morgan fingerprint density at radius 3 is 3.05 bits per heavy atom. The van der Waals surface area contributed by atoms with Crippen molar-refractivity contribution >= 4 is 5.71 Å². The van der Waals surface area contributed by atoms with Crippen LogP contribution in [0.3, 0.4) is 0 Å². The molecule has 0 bridgehead atoms. The van der Waals surface area contributed by atoms with Crippen LogP contribution in [0.5, 0.6) is 0 Å². The van der Waals surface area contributed by atoms with E-state index in [0.717, 1.165) is 19.3 Å². The fraction of sp³-hybridized carbons (Fsp3) is 0.611. The van der Waals surface area contributed by atoms with E-state index in [2.05, 4.69) is 24.2 Å². The lowest BCUT2D eigenvalue weighted by Crippen LogP contribution is -2.39. The molecule has 2 fully saturated rings. The molecule has 0 heterocycles. The molecule has 0 spiro atoms. The van der Waals surface area contributed by atoms with Gasteiger partial charge in [-0.2, -0.15) is 5.10 Å². The van der Waals surface area contributed by atoms with Crippen LogP contribution in [0.4, 0.5) is 0 Å². The summed E-state index contributed by atoms with van der Waals surface area (Å²) in [5.74, 6) is 6.83. The molecule has 3 nitrogen and oxygen atoms in total. The summed E-state index contributed by atoms with van der Waals surface area (Å²) in [7, 11) is 0. The second-order valence-corrected chi connectivity index (χ2v) is 7.27. The van der Waals surface area contributed by atoms with Crippen LogP contribution in [0.25, 0.3) is 0 Å². The predicted octanol–water partition coefficient (Wildman–Crippen LogP) is 3.07. The lowest BCUT2D eigenvalue weighted by atomic mass is 9.59. The molecule has 3 heteroatoms. The Hall–Kier alpha value is -1.35. The molecule has 4 aliphatic carbocycles. The van der Waals surface area contributed by atoms with Crippen molar-refractivity contribution in [2.24, 2.45) is 28.2 Å². The van der Waals surface area contributed by atoms with Gasteiger partial charge >= 0.3 is 0 Å². The zero-order valence-electron chi connectivity index (χ0n) is 12.7. The van der Waals surface area contributed by atoms with Gasteiger partial charge in [0.1, 0.15) is 0 Å². The molecule has 0 aromatic carbocycles. The van der Waals surface area contributed by atoms with E-state index in [1.807, 2.05) is 6.08 Å². The SMILES string of the molecule is CC12CCC3C(=CCC4=C3C=CC(O)C4)C1CC/C2=N/N. The van der Waals surface area contributed by atoms with Gasteiger partial charge < -0.3 is 10.9 Å². The molecule has 0 aromatic heterocycles. The number of rotatable bonds is 0. The summed E-state index contributed by atoms with van der Waals surface area (Å²) in [6, 6.07) is 0. The molecule has 0 aromatic rings. The first-order chi connectivity index (χ1) is 10.1. The van der Waals surface area contributed by atoms with Gasteiger partial charge in [-0.15, -0.1) is 0 Å². The number of hydrogen-bond acceptors (Lipinski definition) is 3. The van der Waals surface area contributed by atoms with Crippen molar-refractivity contribution in [2.45, 2.75) is 51.6 Å². The quantitative estimate of drug-likeness (QED) is 0.408. The van der Waals surface area contributed by atoms with Crippen LogP contribution in [0.15, 0.2) is 40.0 Å². The minimum atomic E-state index is -0.282. The average Bonchev–Trinajstić information content (AvgIpc) is 2.83.